The molecule has 2 aromatic carbocycles. The Hall–Kier alpha value is -2.29. The molecule has 0 aliphatic carbocycles. The smallest absolute Gasteiger partial charge is 0.242 e. The lowest BCUT2D eigenvalue weighted by atomic mass is 10.1. The van der Waals surface area contributed by atoms with Crippen LogP contribution in [0.25, 0.3) is 0 Å². The summed E-state index contributed by atoms with van der Waals surface area (Å²) in [4.78, 5) is 27.7. The summed E-state index contributed by atoms with van der Waals surface area (Å²) >= 11 is 12.4. The normalized spacial score (nSPS) is 12.2. The Morgan fingerprint density at radius 2 is 1.68 bits per heavy atom. The van der Waals surface area contributed by atoms with Crippen LogP contribution in [0.2, 0.25) is 10.0 Å². The van der Waals surface area contributed by atoms with Gasteiger partial charge in [0.1, 0.15) is 6.04 Å². The minimum Gasteiger partial charge on any atom is -0.354 e. The molecule has 0 spiro atoms. The molecule has 0 fully saturated rings. The number of carbonyl (C=O) groups excluding carboxylic acids is 2. The zero-order valence-corrected chi connectivity index (χ0v) is 24.5. The fourth-order valence-electron chi connectivity index (χ4n) is 4.05. The van der Waals surface area contributed by atoms with Gasteiger partial charge in [0.25, 0.3) is 0 Å². The molecule has 0 aliphatic heterocycles. The van der Waals surface area contributed by atoms with Crippen molar-refractivity contribution in [3.63, 3.8) is 0 Å². The quantitative estimate of drug-likeness (QED) is 0.323. The second kappa shape index (κ2) is 14.0. The molecule has 0 aromatic heterocycles. The number of nitrogens with zero attached hydrogens (tertiary/aromatic N) is 2. The third kappa shape index (κ3) is 9.51. The largest absolute Gasteiger partial charge is 0.354 e. The average Bonchev–Trinajstić information content (AvgIpc) is 2.79. The summed E-state index contributed by atoms with van der Waals surface area (Å²) in [5, 5.41) is 3.76. The number of aryl methyl sites for hydroxylation is 2. The van der Waals surface area contributed by atoms with Gasteiger partial charge in [-0.2, -0.15) is 0 Å². The monoisotopic (exact) mass is 569 g/mol. The van der Waals surface area contributed by atoms with Gasteiger partial charge in [-0.3, -0.25) is 13.9 Å². The van der Waals surface area contributed by atoms with Crippen molar-refractivity contribution in [1.82, 2.24) is 10.2 Å². The second-order valence-electron chi connectivity index (χ2n) is 9.36. The van der Waals surface area contributed by atoms with Gasteiger partial charge in [0.2, 0.25) is 21.8 Å². The lowest BCUT2D eigenvalue weighted by Gasteiger charge is -2.30. The summed E-state index contributed by atoms with van der Waals surface area (Å²) in [6, 6.07) is 9.88. The molecule has 204 valence electrons. The highest BCUT2D eigenvalue weighted by atomic mass is 35.5. The summed E-state index contributed by atoms with van der Waals surface area (Å²) in [6.07, 6.45) is 3.29. The van der Waals surface area contributed by atoms with Gasteiger partial charge >= 0.3 is 0 Å². The topological polar surface area (TPSA) is 86.8 Å². The molecule has 7 nitrogen and oxygen atoms in total. The molecular weight excluding hydrogens is 533 g/mol. The predicted octanol–water partition coefficient (Wildman–Crippen LogP) is 5.49. The Morgan fingerprint density at radius 3 is 2.24 bits per heavy atom. The van der Waals surface area contributed by atoms with Crippen LogP contribution in [0.5, 0.6) is 0 Å². The van der Waals surface area contributed by atoms with E-state index < -0.39 is 16.1 Å². The molecule has 0 heterocycles. The van der Waals surface area contributed by atoms with Crippen LogP contribution in [-0.2, 0) is 26.2 Å². The first-order chi connectivity index (χ1) is 17.3. The number of anilines is 1. The Balaban J connectivity index is 2.21. The van der Waals surface area contributed by atoms with E-state index in [2.05, 4.69) is 5.32 Å². The maximum Gasteiger partial charge on any atom is 0.242 e. The van der Waals surface area contributed by atoms with E-state index in [1.807, 2.05) is 39.0 Å². The molecular formula is C27H37Cl2N3O4S. The molecule has 0 bridgehead atoms. The zero-order valence-electron chi connectivity index (χ0n) is 22.2. The van der Waals surface area contributed by atoms with E-state index in [0.717, 1.165) is 30.2 Å². The number of unbranched alkanes of at least 4 members (excludes halogenated alkanes) is 1. The van der Waals surface area contributed by atoms with Crippen molar-refractivity contribution >= 4 is 50.7 Å². The maximum atomic E-state index is 13.4. The number of carbonyl (C=O) groups is 2. The van der Waals surface area contributed by atoms with Gasteiger partial charge in [-0.05, 0) is 74.6 Å². The predicted molar refractivity (Wildman–Crippen MR) is 152 cm³/mol. The van der Waals surface area contributed by atoms with Gasteiger partial charge in [-0.1, -0.05) is 48.7 Å². The minimum absolute atomic E-state index is 0.0641. The lowest BCUT2D eigenvalue weighted by molar-refractivity contribution is -0.140. The van der Waals surface area contributed by atoms with Crippen molar-refractivity contribution in [2.24, 2.45) is 0 Å². The minimum atomic E-state index is -3.56. The van der Waals surface area contributed by atoms with Crippen molar-refractivity contribution in [3.8, 4) is 0 Å². The summed E-state index contributed by atoms with van der Waals surface area (Å²) in [7, 11) is -3.56. The molecule has 1 N–H and O–H groups in total. The highest BCUT2D eigenvalue weighted by Gasteiger charge is 2.27. The third-order valence-electron chi connectivity index (χ3n) is 6.00. The summed E-state index contributed by atoms with van der Waals surface area (Å²) < 4.78 is 26.4. The average molecular weight is 571 g/mol. The number of nitrogens with one attached hydrogen (secondary N) is 1. The molecule has 0 saturated carbocycles. The van der Waals surface area contributed by atoms with Gasteiger partial charge in [-0.15, -0.1) is 0 Å². The molecule has 1 atom stereocenters. The number of benzene rings is 2. The fraction of sp³-hybridized carbons (Fsp3) is 0.481. The number of halogens is 2. The van der Waals surface area contributed by atoms with E-state index in [0.29, 0.717) is 27.8 Å². The highest BCUT2D eigenvalue weighted by Crippen LogP contribution is 2.25. The van der Waals surface area contributed by atoms with Crippen LogP contribution in [-0.4, -0.2) is 50.5 Å². The Kier molecular flexibility index (Phi) is 11.7. The Morgan fingerprint density at radius 1 is 1.03 bits per heavy atom. The summed E-state index contributed by atoms with van der Waals surface area (Å²) in [5.74, 6) is -0.516. The van der Waals surface area contributed by atoms with Crippen molar-refractivity contribution in [2.75, 3.05) is 23.7 Å². The molecule has 2 amide bonds. The van der Waals surface area contributed by atoms with E-state index in [9.17, 15) is 18.0 Å². The number of hydrogen-bond acceptors (Lipinski definition) is 4. The first-order valence-electron chi connectivity index (χ1n) is 12.4. The van der Waals surface area contributed by atoms with Gasteiger partial charge in [0, 0.05) is 36.1 Å². The van der Waals surface area contributed by atoms with Gasteiger partial charge in [0.05, 0.1) is 11.9 Å². The van der Waals surface area contributed by atoms with E-state index >= 15 is 0 Å². The van der Waals surface area contributed by atoms with Crippen molar-refractivity contribution in [1.29, 1.82) is 0 Å². The summed E-state index contributed by atoms with van der Waals surface area (Å²) in [6.45, 7) is 8.33. The second-order valence-corrected chi connectivity index (χ2v) is 12.1. The number of rotatable bonds is 13. The van der Waals surface area contributed by atoms with E-state index in [1.165, 1.54) is 9.21 Å². The molecule has 0 saturated heterocycles. The van der Waals surface area contributed by atoms with Crippen LogP contribution in [0.3, 0.4) is 0 Å². The van der Waals surface area contributed by atoms with Crippen LogP contribution < -0.4 is 9.62 Å². The standard InChI is InChI=1S/C27H37Cl2N3O4S/c1-6-7-12-30-27(34)21(4)31(18-22-10-11-23(28)17-25(22)29)26(33)9-8-13-32(37(5,35)36)24-15-19(2)14-20(3)16-24/h10-11,14-17,21H,6-9,12-13,18H2,1-5H3,(H,30,34)/t21-/m0/s1. The first kappa shape index (κ1) is 30.9. The molecule has 2 aromatic rings. The van der Waals surface area contributed by atoms with Crippen molar-refractivity contribution in [2.45, 2.75) is 66.0 Å². The van der Waals surface area contributed by atoms with Crippen LogP contribution in [0.15, 0.2) is 36.4 Å². The molecule has 0 aliphatic rings. The SMILES string of the molecule is CCCCNC(=O)[C@H](C)N(Cc1ccc(Cl)cc1Cl)C(=O)CCCN(c1cc(C)cc(C)c1)S(C)(=O)=O. The molecule has 0 unspecified atom stereocenters. The number of sulfonamides is 1. The Labute approximate surface area is 231 Å². The van der Waals surface area contributed by atoms with Crippen molar-refractivity contribution < 1.29 is 18.0 Å². The number of amides is 2. The van der Waals surface area contributed by atoms with Gasteiger partial charge in [0.15, 0.2) is 0 Å². The molecule has 0 radical (unpaired) electrons. The van der Waals surface area contributed by atoms with E-state index in [4.69, 9.17) is 23.2 Å². The zero-order chi connectivity index (χ0) is 27.8. The lowest BCUT2D eigenvalue weighted by Crippen LogP contribution is -2.48. The number of hydrogen-bond donors (Lipinski definition) is 1. The van der Waals surface area contributed by atoms with E-state index in [1.54, 1.807) is 25.1 Å². The molecule has 37 heavy (non-hydrogen) atoms. The van der Waals surface area contributed by atoms with Gasteiger partial charge < -0.3 is 10.2 Å². The van der Waals surface area contributed by atoms with Crippen LogP contribution >= 0.6 is 23.2 Å². The summed E-state index contributed by atoms with van der Waals surface area (Å²) in [5.41, 5.74) is 3.14. The van der Waals surface area contributed by atoms with Gasteiger partial charge in [-0.25, -0.2) is 8.42 Å². The fourth-order valence-corrected chi connectivity index (χ4v) is 5.47. The van der Waals surface area contributed by atoms with Crippen LogP contribution in [0.1, 0.15) is 56.2 Å². The maximum absolute atomic E-state index is 13.4. The van der Waals surface area contributed by atoms with Crippen LogP contribution in [0.4, 0.5) is 5.69 Å². The van der Waals surface area contributed by atoms with Crippen LogP contribution in [0, 0.1) is 13.8 Å². The molecule has 10 heteroatoms. The van der Waals surface area contributed by atoms with Crippen molar-refractivity contribution in [3.05, 3.63) is 63.1 Å². The van der Waals surface area contributed by atoms with E-state index in [-0.39, 0.29) is 37.7 Å². The highest BCUT2D eigenvalue weighted by molar-refractivity contribution is 7.92. The first-order valence-corrected chi connectivity index (χ1v) is 15.0. The third-order valence-corrected chi connectivity index (χ3v) is 7.78. The Bertz CT molecular complexity index is 1180. The molecule has 2 rings (SSSR count).